The highest BCUT2D eigenvalue weighted by atomic mass is 16.7. The molecule has 366 valence electrons. The highest BCUT2D eigenvalue weighted by Crippen LogP contribution is 2.47. The number of fused-ring (bicyclic) bond motifs is 1. The Bertz CT molecular complexity index is 1750. The zero-order chi connectivity index (χ0) is 46.7. The van der Waals surface area contributed by atoms with Gasteiger partial charge in [-0.2, -0.15) is 0 Å². The van der Waals surface area contributed by atoms with Crippen molar-refractivity contribution in [1.29, 1.82) is 0 Å². The number of hydrogen-bond acceptors (Lipinski definition) is 14. The van der Waals surface area contributed by atoms with Crippen LogP contribution in [-0.4, -0.2) is 135 Å². The van der Waals surface area contributed by atoms with Crippen LogP contribution in [0.5, 0.6) is 0 Å². The summed E-state index contributed by atoms with van der Waals surface area (Å²) in [5, 5.41) is 54.7. The molecule has 0 aromatic carbocycles. The SMILES string of the molecule is C=C(CO)C/C=C\COC(=O)[C@](C)(O)C[C@@H]1CC[C@@H](O)[C@]2(C=C(C)C[C@@H]([C@H](C)/C=C/[C@@H]3CC[C@@]4(CCC5O[C@H]([C@@H](O)C[C@H](C)C6O[C@@]7(CCCCO7)CC[C@H]6C)C(=C)[C@@H](O)C5O4)O3)O2)O1. The summed E-state index contributed by atoms with van der Waals surface area (Å²) in [5.41, 5.74) is 0.217. The van der Waals surface area contributed by atoms with Gasteiger partial charge in [0.2, 0.25) is 5.79 Å². The van der Waals surface area contributed by atoms with Gasteiger partial charge in [-0.3, -0.25) is 0 Å². The zero-order valence-electron chi connectivity index (χ0n) is 39.4. The number of esters is 1. The number of aliphatic hydroxyl groups excluding tert-OH is 4. The molecule has 0 saturated carbocycles. The molecule has 7 heterocycles. The first-order valence-electron chi connectivity index (χ1n) is 24.5. The van der Waals surface area contributed by atoms with Crippen LogP contribution in [0.25, 0.3) is 0 Å². The van der Waals surface area contributed by atoms with Crippen LogP contribution in [0, 0.1) is 17.8 Å². The molecule has 0 aliphatic carbocycles. The maximum atomic E-state index is 12.9. The second-order valence-corrected chi connectivity index (χ2v) is 20.7. The van der Waals surface area contributed by atoms with Gasteiger partial charge in [0.25, 0.3) is 0 Å². The average Bonchev–Trinajstić information content (AvgIpc) is 3.67. The van der Waals surface area contributed by atoms with Crippen LogP contribution in [0.3, 0.4) is 0 Å². The molecular formula is C51H78O14. The quantitative estimate of drug-likeness (QED) is 0.0926. The summed E-state index contributed by atoms with van der Waals surface area (Å²) in [6.45, 7) is 18.3. The zero-order valence-corrected chi connectivity index (χ0v) is 39.4. The van der Waals surface area contributed by atoms with Gasteiger partial charge in [0.05, 0.1) is 49.8 Å². The molecule has 0 aromatic rings. The van der Waals surface area contributed by atoms with Crippen LogP contribution in [0.4, 0.5) is 0 Å². The Kier molecular flexibility index (Phi) is 16.4. The summed E-state index contributed by atoms with van der Waals surface area (Å²) in [5.74, 6) is -3.32. The number of rotatable bonds is 15. The van der Waals surface area contributed by atoms with Gasteiger partial charge in [-0.05, 0) is 107 Å². The van der Waals surface area contributed by atoms with Crippen molar-refractivity contribution in [1.82, 2.24) is 0 Å². The highest BCUT2D eigenvalue weighted by Gasteiger charge is 2.55. The number of ether oxygens (including phenoxy) is 8. The molecule has 0 aromatic heterocycles. The minimum Gasteiger partial charge on any atom is -0.459 e. The number of allylic oxidation sites excluding steroid dienone is 1. The summed E-state index contributed by atoms with van der Waals surface area (Å²) in [6, 6.07) is 0. The van der Waals surface area contributed by atoms with Crippen LogP contribution in [0.2, 0.25) is 0 Å². The van der Waals surface area contributed by atoms with Crippen LogP contribution in [-0.2, 0) is 42.7 Å². The van der Waals surface area contributed by atoms with E-state index in [1.807, 2.05) is 19.1 Å². The lowest BCUT2D eigenvalue weighted by atomic mass is 9.79. The third-order valence-electron chi connectivity index (χ3n) is 15.1. The molecule has 14 nitrogen and oxygen atoms in total. The normalized spacial score (nSPS) is 41.3. The van der Waals surface area contributed by atoms with Crippen molar-refractivity contribution >= 4 is 5.97 Å². The van der Waals surface area contributed by atoms with Gasteiger partial charge in [0.15, 0.2) is 17.2 Å². The van der Waals surface area contributed by atoms with Gasteiger partial charge in [0.1, 0.15) is 31.0 Å². The van der Waals surface area contributed by atoms with E-state index in [1.54, 1.807) is 12.2 Å². The van der Waals surface area contributed by atoms with Crippen LogP contribution >= 0.6 is 0 Å². The number of aliphatic hydroxyl groups is 5. The first kappa shape index (κ1) is 50.6. The second-order valence-electron chi connectivity index (χ2n) is 20.7. The third kappa shape index (κ3) is 11.8. The molecule has 3 spiro atoms. The standard InChI is InChI=1S/C51H78O14/c1-31(30-52)12-8-10-24-58-47(56)48(7,57)29-38-15-16-42(54)51(62-38)28-32(2)26-41(63-51)33(3)13-14-37-18-22-50(61-37)23-19-40-46(65-50)43(55)36(6)45(60-40)39(53)27-35(5)44-34(4)17-21-49(64-44)20-9-11-25-59-49/h8,10,13-14,28,33-35,37-46,52-55,57H,1,6,9,11-12,15-27,29-30H2,2-5,7H3/b10-8-,14-13+/t33-,34-,35+,37-,38+,39+,40?,41+,42-,43-,44?,45+,46?,48-,49+,50-,51-/m1/s1. The van der Waals surface area contributed by atoms with E-state index in [0.29, 0.717) is 68.4 Å². The molecule has 14 heteroatoms. The van der Waals surface area contributed by atoms with Gasteiger partial charge >= 0.3 is 5.97 Å². The maximum absolute atomic E-state index is 12.9. The lowest BCUT2D eigenvalue weighted by molar-refractivity contribution is -0.321. The number of hydrogen-bond donors (Lipinski definition) is 5. The van der Waals surface area contributed by atoms with E-state index in [9.17, 15) is 25.2 Å². The van der Waals surface area contributed by atoms with Gasteiger partial charge in [0, 0.05) is 38.0 Å². The third-order valence-corrected chi connectivity index (χ3v) is 15.1. The van der Waals surface area contributed by atoms with Crippen molar-refractivity contribution in [2.75, 3.05) is 19.8 Å². The van der Waals surface area contributed by atoms with E-state index < -0.39 is 71.7 Å². The predicted molar refractivity (Wildman–Crippen MR) is 241 cm³/mol. The topological polar surface area (TPSA) is 192 Å². The van der Waals surface area contributed by atoms with Gasteiger partial charge in [-0.25, -0.2) is 4.79 Å². The number of carbonyl (C=O) groups excluding carboxylic acids is 1. The Labute approximate surface area is 386 Å². The molecule has 65 heavy (non-hydrogen) atoms. The lowest BCUT2D eigenvalue weighted by Crippen LogP contribution is -2.60. The van der Waals surface area contributed by atoms with Crippen LogP contribution in [0.1, 0.15) is 131 Å². The largest absolute Gasteiger partial charge is 0.459 e. The molecule has 0 radical (unpaired) electrons. The molecule has 0 bridgehead atoms. The van der Waals surface area contributed by atoms with E-state index in [-0.39, 0.29) is 49.8 Å². The molecule has 3 unspecified atom stereocenters. The van der Waals surface area contributed by atoms with Crippen molar-refractivity contribution in [2.45, 2.75) is 215 Å². The molecular weight excluding hydrogens is 837 g/mol. The van der Waals surface area contributed by atoms with Crippen LogP contribution < -0.4 is 0 Å². The first-order valence-corrected chi connectivity index (χ1v) is 24.5. The molecule has 5 N–H and O–H groups in total. The fraction of sp³-hybridized carbons (Fsp3) is 0.784. The smallest absolute Gasteiger partial charge is 0.338 e. The fourth-order valence-corrected chi connectivity index (χ4v) is 11.2. The highest BCUT2D eigenvalue weighted by molar-refractivity contribution is 5.78. The van der Waals surface area contributed by atoms with Crippen molar-refractivity contribution in [2.24, 2.45) is 17.8 Å². The van der Waals surface area contributed by atoms with E-state index in [0.717, 1.165) is 50.7 Å². The molecule has 17 atom stereocenters. The first-order chi connectivity index (χ1) is 30.9. The number of carbonyl (C=O) groups is 1. The van der Waals surface area contributed by atoms with Crippen molar-refractivity contribution in [3.8, 4) is 0 Å². The Balaban J connectivity index is 0.895. The summed E-state index contributed by atoms with van der Waals surface area (Å²) in [7, 11) is 0. The van der Waals surface area contributed by atoms with Crippen molar-refractivity contribution in [3.63, 3.8) is 0 Å². The van der Waals surface area contributed by atoms with E-state index >= 15 is 0 Å². The van der Waals surface area contributed by atoms with Gasteiger partial charge < -0.3 is 63.4 Å². The van der Waals surface area contributed by atoms with Gasteiger partial charge in [-0.1, -0.05) is 63.8 Å². The summed E-state index contributed by atoms with van der Waals surface area (Å²) in [4.78, 5) is 12.9. The molecule has 6 fully saturated rings. The summed E-state index contributed by atoms with van der Waals surface area (Å²) in [6.07, 6.45) is 13.3. The molecule has 7 aliphatic heterocycles. The van der Waals surface area contributed by atoms with E-state index in [1.165, 1.54) is 6.92 Å². The minimum absolute atomic E-state index is 0.0324. The molecule has 6 saturated heterocycles. The Morgan fingerprint density at radius 2 is 1.77 bits per heavy atom. The molecule has 7 rings (SSSR count). The average molecular weight is 915 g/mol. The van der Waals surface area contributed by atoms with Gasteiger partial charge in [-0.15, -0.1) is 0 Å². The monoisotopic (exact) mass is 915 g/mol. The summed E-state index contributed by atoms with van der Waals surface area (Å²) >= 11 is 0. The predicted octanol–water partition coefficient (Wildman–Crippen LogP) is 6.17. The molecule has 0 amide bonds. The van der Waals surface area contributed by atoms with Crippen molar-refractivity contribution < 1.29 is 68.2 Å². The Morgan fingerprint density at radius 1 is 1.00 bits per heavy atom. The maximum Gasteiger partial charge on any atom is 0.338 e. The van der Waals surface area contributed by atoms with Crippen molar-refractivity contribution in [3.05, 3.63) is 60.3 Å². The fourth-order valence-electron chi connectivity index (χ4n) is 11.2. The second kappa shape index (κ2) is 21.1. The van der Waals surface area contributed by atoms with E-state index in [4.69, 9.17) is 43.0 Å². The van der Waals surface area contributed by atoms with E-state index in [2.05, 4.69) is 40.0 Å². The summed E-state index contributed by atoms with van der Waals surface area (Å²) < 4.78 is 51.0. The Morgan fingerprint density at radius 3 is 2.52 bits per heavy atom. The van der Waals surface area contributed by atoms with Crippen LogP contribution in [0.15, 0.2) is 60.3 Å². The Hall–Kier alpha value is -2.31. The molecule has 7 aliphatic rings. The minimum atomic E-state index is -1.83. The lowest BCUT2D eigenvalue weighted by Gasteiger charge is -2.50.